The largest absolute Gasteiger partial charge is 0.494 e. The van der Waals surface area contributed by atoms with Gasteiger partial charge in [0.05, 0.1) is 42.0 Å². The van der Waals surface area contributed by atoms with Gasteiger partial charge in [-0.1, -0.05) is 127 Å². The maximum Gasteiger partial charge on any atom is 0.119 e. The van der Waals surface area contributed by atoms with Crippen LogP contribution in [0.1, 0.15) is 47.2 Å². The zero-order valence-corrected chi connectivity index (χ0v) is 36.8. The molecule has 0 radical (unpaired) electrons. The number of ether oxygens (including phenoxy) is 2. The maximum absolute atomic E-state index is 6.27. The third-order valence-electron chi connectivity index (χ3n) is 12.6. The van der Waals surface area contributed by atoms with Gasteiger partial charge in [0.15, 0.2) is 0 Å². The summed E-state index contributed by atoms with van der Waals surface area (Å²) in [5, 5.41) is 0. The molecule has 2 N–H and O–H groups in total. The Morgan fingerprint density at radius 3 is 1.18 bits per heavy atom. The minimum atomic E-state index is 0.341. The van der Waals surface area contributed by atoms with Crippen LogP contribution in [0.3, 0.4) is 0 Å². The number of fused-ring (bicyclic) bond motifs is 8. The normalized spacial score (nSPS) is 14.2. The summed E-state index contributed by atoms with van der Waals surface area (Å²) in [5.41, 5.74) is 17.0. The molecule has 322 valence electrons. The number of benzene rings is 5. The van der Waals surface area contributed by atoms with E-state index in [0.717, 1.165) is 120 Å². The van der Waals surface area contributed by atoms with Crippen LogP contribution in [-0.4, -0.2) is 51.6 Å². The molecule has 6 heterocycles. The highest BCUT2D eigenvalue weighted by Gasteiger charge is 2.20. The van der Waals surface area contributed by atoms with Gasteiger partial charge in [0, 0.05) is 50.9 Å². The number of likely N-dealkylation sites (N-methyl/N-ethyl adjacent to an activating group) is 1. The first-order valence-corrected chi connectivity index (χ1v) is 22.8. The summed E-state index contributed by atoms with van der Waals surface area (Å²) in [7, 11) is 2.15. The number of hydrogen-bond donors (Lipinski definition) is 2. The second-order valence-electron chi connectivity index (χ2n) is 16.9. The van der Waals surface area contributed by atoms with E-state index in [1.807, 2.05) is 0 Å². The molecule has 7 heteroatoms. The number of rotatable bonds is 12. The van der Waals surface area contributed by atoms with Crippen molar-refractivity contribution in [3.8, 4) is 56.0 Å². The van der Waals surface area contributed by atoms with E-state index >= 15 is 0 Å². The fourth-order valence-electron chi connectivity index (χ4n) is 9.28. The molecule has 0 fully saturated rings. The van der Waals surface area contributed by atoms with Crippen molar-refractivity contribution in [1.82, 2.24) is 24.8 Å². The van der Waals surface area contributed by atoms with Gasteiger partial charge in [0.25, 0.3) is 0 Å². The van der Waals surface area contributed by atoms with E-state index in [1.54, 1.807) is 0 Å². The fourth-order valence-corrected chi connectivity index (χ4v) is 9.28. The number of nitrogens with one attached hydrogen (secondary N) is 2. The van der Waals surface area contributed by atoms with Crippen molar-refractivity contribution in [3.05, 3.63) is 204 Å². The van der Waals surface area contributed by atoms with Gasteiger partial charge in [0.1, 0.15) is 11.5 Å². The first-order valence-electron chi connectivity index (χ1n) is 22.8. The van der Waals surface area contributed by atoms with Crippen LogP contribution < -0.4 is 9.47 Å². The van der Waals surface area contributed by atoms with Crippen LogP contribution in [-0.2, 0) is 0 Å². The molecule has 0 spiro atoms. The first-order chi connectivity index (χ1) is 32.6. The molecule has 0 aliphatic carbocycles. The van der Waals surface area contributed by atoms with E-state index in [2.05, 4.69) is 222 Å². The fraction of sp³-hybridized carbons (Fsp3) is 0.119. The molecule has 3 aliphatic heterocycles. The van der Waals surface area contributed by atoms with Crippen molar-refractivity contribution in [2.45, 2.75) is 18.9 Å². The zero-order chi connectivity index (χ0) is 44.2. The molecule has 3 aromatic heterocycles. The summed E-state index contributed by atoms with van der Waals surface area (Å²) in [6, 6.07) is 57.4. The van der Waals surface area contributed by atoms with Gasteiger partial charge in [-0.05, 0) is 121 Å². The number of hydrogen-bond acceptors (Lipinski definition) is 5. The molecule has 0 saturated carbocycles. The average molecular weight is 860 g/mol. The van der Waals surface area contributed by atoms with Crippen LogP contribution >= 0.6 is 0 Å². The predicted molar refractivity (Wildman–Crippen MR) is 272 cm³/mol. The van der Waals surface area contributed by atoms with Crippen LogP contribution in [0.4, 0.5) is 0 Å². The first kappa shape index (κ1) is 40.8. The van der Waals surface area contributed by atoms with Gasteiger partial charge >= 0.3 is 0 Å². The quantitative estimate of drug-likeness (QED) is 0.0945. The van der Waals surface area contributed by atoms with Crippen LogP contribution in [0, 0.1) is 0 Å². The Bertz CT molecular complexity index is 3240. The van der Waals surface area contributed by atoms with Gasteiger partial charge in [-0.15, -0.1) is 0 Å². The molecular formula is C59H49N5O2. The van der Waals surface area contributed by atoms with E-state index in [0.29, 0.717) is 19.3 Å². The van der Waals surface area contributed by atoms with E-state index in [4.69, 9.17) is 19.4 Å². The molecule has 8 aromatic rings. The molecule has 1 atom stereocenters. The molecule has 11 rings (SSSR count). The Balaban J connectivity index is 0.960. The van der Waals surface area contributed by atoms with Gasteiger partial charge in [0.2, 0.25) is 0 Å². The van der Waals surface area contributed by atoms with Gasteiger partial charge in [-0.2, -0.15) is 0 Å². The van der Waals surface area contributed by atoms with Gasteiger partial charge in [-0.25, -0.2) is 9.97 Å². The van der Waals surface area contributed by atoms with Crippen molar-refractivity contribution in [2.24, 2.45) is 0 Å². The topological polar surface area (TPSA) is 79.1 Å². The SMILES string of the molecule is CN1CC=CC1c1ccc(OCCCCOc2ccc(-c3c4nc(c(-c5ccccc5)c5ccc([nH]5)c(-c5ccccc5)c5nc(c(-c6ccccc6)c6ccc3[nH]6)C=C5)C=C4)cc2)cc1. The standard InChI is InChI=1S/C59H49N5O2/c1-64-37-13-20-55(64)40-21-25-45(26-22-40)65-38-11-12-39-66-46-27-23-44(24-28-46)59-53-35-33-51(62-53)57(42-16-7-3-8-17-42)49-31-29-47(60-49)56(41-14-5-2-6-15-41)48-30-32-50(61-48)58(43-18-9-4-10-19-43)52-34-36-54(59)63-52/h2-10,13-36,55,60,63H,11-12,37-39H2,1H3. The lowest BCUT2D eigenvalue weighted by atomic mass is 10.0. The Morgan fingerprint density at radius 1 is 0.455 bits per heavy atom. The summed E-state index contributed by atoms with van der Waals surface area (Å²) in [4.78, 5) is 20.9. The van der Waals surface area contributed by atoms with Crippen LogP contribution in [0.15, 0.2) is 176 Å². The summed E-state index contributed by atoms with van der Waals surface area (Å²) < 4.78 is 12.3. The molecule has 8 bridgehead atoms. The molecule has 0 amide bonds. The molecular weight excluding hydrogens is 811 g/mol. The van der Waals surface area contributed by atoms with Crippen LogP contribution in [0.2, 0.25) is 0 Å². The number of unbranched alkanes of at least 4 members (excludes halogenated alkanes) is 1. The zero-order valence-electron chi connectivity index (χ0n) is 36.8. The second-order valence-corrected chi connectivity index (χ2v) is 16.9. The van der Waals surface area contributed by atoms with E-state index < -0.39 is 0 Å². The maximum atomic E-state index is 6.27. The minimum absolute atomic E-state index is 0.341. The highest BCUT2D eigenvalue weighted by Crippen LogP contribution is 2.39. The van der Waals surface area contributed by atoms with Crippen molar-refractivity contribution in [2.75, 3.05) is 26.8 Å². The lowest BCUT2D eigenvalue weighted by Gasteiger charge is -2.19. The molecule has 7 nitrogen and oxygen atoms in total. The van der Waals surface area contributed by atoms with E-state index in [9.17, 15) is 0 Å². The third-order valence-corrected chi connectivity index (χ3v) is 12.6. The van der Waals surface area contributed by atoms with Crippen molar-refractivity contribution < 1.29 is 9.47 Å². The van der Waals surface area contributed by atoms with E-state index in [-0.39, 0.29) is 0 Å². The highest BCUT2D eigenvalue weighted by molar-refractivity contribution is 5.99. The molecule has 66 heavy (non-hydrogen) atoms. The average Bonchev–Trinajstić information content (AvgIpc) is 4.24. The van der Waals surface area contributed by atoms with Crippen molar-refractivity contribution >= 4 is 46.4 Å². The smallest absolute Gasteiger partial charge is 0.119 e. The summed E-state index contributed by atoms with van der Waals surface area (Å²) in [6.45, 7) is 2.23. The van der Waals surface area contributed by atoms with Crippen molar-refractivity contribution in [3.63, 3.8) is 0 Å². The number of H-pyrrole nitrogens is 2. The number of aromatic nitrogens is 4. The Kier molecular flexibility index (Phi) is 11.3. The van der Waals surface area contributed by atoms with Crippen LogP contribution in [0.5, 0.6) is 11.5 Å². The monoisotopic (exact) mass is 859 g/mol. The lowest BCUT2D eigenvalue weighted by Crippen LogP contribution is -2.18. The molecule has 3 aliphatic rings. The van der Waals surface area contributed by atoms with E-state index in [1.165, 1.54) is 5.56 Å². The van der Waals surface area contributed by atoms with Gasteiger partial charge in [-0.3, -0.25) is 4.90 Å². The Hall–Kier alpha value is -8.00. The predicted octanol–water partition coefficient (Wildman–Crippen LogP) is 14.1. The summed E-state index contributed by atoms with van der Waals surface area (Å²) in [5.74, 6) is 1.72. The summed E-state index contributed by atoms with van der Waals surface area (Å²) in [6.07, 6.45) is 14.8. The lowest BCUT2D eigenvalue weighted by molar-refractivity contribution is 0.266. The molecule has 0 saturated heterocycles. The van der Waals surface area contributed by atoms with Crippen LogP contribution in [0.25, 0.3) is 90.9 Å². The molecule has 1 unspecified atom stereocenters. The van der Waals surface area contributed by atoms with Gasteiger partial charge < -0.3 is 19.4 Å². The van der Waals surface area contributed by atoms with Crippen molar-refractivity contribution in [1.29, 1.82) is 0 Å². The second kappa shape index (κ2) is 18.2. The minimum Gasteiger partial charge on any atom is -0.494 e. The Labute approximate surface area is 385 Å². The summed E-state index contributed by atoms with van der Waals surface area (Å²) >= 11 is 0. The number of aromatic amines is 2. The molecule has 5 aromatic carbocycles. The highest BCUT2D eigenvalue weighted by atomic mass is 16.5. The number of nitrogens with zero attached hydrogens (tertiary/aromatic N) is 3. The Morgan fingerprint density at radius 2 is 0.818 bits per heavy atom. The third kappa shape index (κ3) is 8.28.